The van der Waals surface area contributed by atoms with Crippen molar-refractivity contribution in [2.75, 3.05) is 18.1 Å². The second kappa shape index (κ2) is 6.52. The molecule has 2 rings (SSSR count). The van der Waals surface area contributed by atoms with Gasteiger partial charge in [0, 0.05) is 11.5 Å². The second-order valence-corrected chi connectivity index (χ2v) is 7.41. The summed E-state index contributed by atoms with van der Waals surface area (Å²) in [5, 5.41) is 0. The Morgan fingerprint density at radius 1 is 1.15 bits per heavy atom. The fourth-order valence-corrected chi connectivity index (χ4v) is 5.02. The molecule has 1 fully saturated rings. The van der Waals surface area contributed by atoms with E-state index in [0.29, 0.717) is 29.4 Å². The zero-order chi connectivity index (χ0) is 14.6. The highest BCUT2D eigenvalue weighted by atomic mass is 32.2. The number of alkyl halides is 3. The van der Waals surface area contributed by atoms with Crippen molar-refractivity contribution >= 4 is 23.5 Å². The molecule has 0 bridgehead atoms. The van der Waals surface area contributed by atoms with E-state index >= 15 is 0 Å². The minimum atomic E-state index is -4.25. The summed E-state index contributed by atoms with van der Waals surface area (Å²) in [5.41, 5.74) is 0.306. The molecule has 1 nitrogen and oxygen atoms in total. The molecule has 0 unspecified atom stereocenters. The normalized spacial score (nSPS) is 18.2. The van der Waals surface area contributed by atoms with Gasteiger partial charge in [0.2, 0.25) is 0 Å². The topological polar surface area (TPSA) is 9.23 Å². The van der Waals surface area contributed by atoms with Crippen LogP contribution in [0.3, 0.4) is 0 Å². The van der Waals surface area contributed by atoms with Crippen molar-refractivity contribution in [3.8, 4) is 5.75 Å². The van der Waals surface area contributed by atoms with Crippen molar-refractivity contribution in [3.63, 3.8) is 0 Å². The number of halogens is 3. The van der Waals surface area contributed by atoms with Crippen LogP contribution < -0.4 is 4.74 Å². The first-order chi connectivity index (χ1) is 9.49. The summed E-state index contributed by atoms with van der Waals surface area (Å²) in [7, 11) is 0. The lowest BCUT2D eigenvalue weighted by Crippen LogP contribution is -2.34. The highest BCUT2D eigenvalue weighted by molar-refractivity contribution is 8.20. The molecule has 1 heterocycles. The molecule has 6 heteroatoms. The number of thioether (sulfide) groups is 2. The number of benzene rings is 1. The van der Waals surface area contributed by atoms with Gasteiger partial charge in [0.05, 0.1) is 6.61 Å². The summed E-state index contributed by atoms with van der Waals surface area (Å²) in [6.07, 6.45) is -2.27. The lowest BCUT2D eigenvalue weighted by atomic mass is 10.1. The third-order valence-electron chi connectivity index (χ3n) is 3.07. The maximum absolute atomic E-state index is 13.4. The third-order valence-corrected chi connectivity index (χ3v) is 6.60. The first-order valence-corrected chi connectivity index (χ1v) is 8.55. The minimum Gasteiger partial charge on any atom is -0.494 e. The molecule has 0 aromatic heterocycles. The molecule has 0 amide bonds. The van der Waals surface area contributed by atoms with E-state index in [2.05, 4.69) is 6.92 Å². The van der Waals surface area contributed by atoms with Gasteiger partial charge in [0.15, 0.2) is 4.08 Å². The Kier molecular flexibility index (Phi) is 5.18. The van der Waals surface area contributed by atoms with E-state index in [9.17, 15) is 13.2 Å². The second-order valence-electron chi connectivity index (χ2n) is 4.54. The number of rotatable bonds is 5. The van der Waals surface area contributed by atoms with Gasteiger partial charge in [-0.05, 0) is 24.1 Å². The first kappa shape index (κ1) is 15.9. The van der Waals surface area contributed by atoms with Crippen LogP contribution in [0.2, 0.25) is 0 Å². The molecule has 1 saturated heterocycles. The van der Waals surface area contributed by atoms with Crippen LogP contribution in [0.15, 0.2) is 24.3 Å². The summed E-state index contributed by atoms with van der Waals surface area (Å²) in [5.74, 6) is 1.69. The van der Waals surface area contributed by atoms with Crippen molar-refractivity contribution in [3.05, 3.63) is 29.8 Å². The predicted molar refractivity (Wildman–Crippen MR) is 79.5 cm³/mol. The van der Waals surface area contributed by atoms with Crippen LogP contribution in [-0.4, -0.2) is 24.3 Å². The van der Waals surface area contributed by atoms with Crippen molar-refractivity contribution in [2.24, 2.45) is 0 Å². The van der Waals surface area contributed by atoms with E-state index in [0.717, 1.165) is 36.4 Å². The van der Waals surface area contributed by atoms with E-state index < -0.39 is 10.3 Å². The Morgan fingerprint density at radius 2 is 1.75 bits per heavy atom. The Balaban J connectivity index is 2.15. The summed E-state index contributed by atoms with van der Waals surface area (Å²) in [6, 6.07) is 6.36. The van der Waals surface area contributed by atoms with E-state index in [4.69, 9.17) is 4.74 Å². The highest BCUT2D eigenvalue weighted by Crippen LogP contribution is 2.60. The highest BCUT2D eigenvalue weighted by Gasteiger charge is 2.59. The molecule has 0 radical (unpaired) electrons. The zero-order valence-electron chi connectivity index (χ0n) is 11.2. The molecule has 0 aliphatic carbocycles. The number of hydrogen-bond acceptors (Lipinski definition) is 3. The molecular weight excluding hydrogens is 305 g/mol. The average molecular weight is 322 g/mol. The molecular formula is C14H17F3OS2. The van der Waals surface area contributed by atoms with Gasteiger partial charge in [0.25, 0.3) is 0 Å². The molecule has 112 valence electrons. The third kappa shape index (κ3) is 3.22. The molecule has 1 aromatic carbocycles. The smallest absolute Gasteiger partial charge is 0.416 e. The molecule has 0 N–H and O–H groups in total. The standard InChI is InChI=1S/C14H17F3OS2/c1-2-3-8-18-12-6-4-11(5-7-12)13(14(15,16)17)19-9-10-20-13/h4-7H,2-3,8-10H2,1H3. The van der Waals surface area contributed by atoms with Crippen LogP contribution in [0.25, 0.3) is 0 Å². The van der Waals surface area contributed by atoms with E-state index in [1.54, 1.807) is 24.3 Å². The minimum absolute atomic E-state index is 0.306. The largest absolute Gasteiger partial charge is 0.494 e. The monoisotopic (exact) mass is 322 g/mol. The van der Waals surface area contributed by atoms with Crippen LogP contribution in [0.1, 0.15) is 25.3 Å². The van der Waals surface area contributed by atoms with E-state index in [1.807, 2.05) is 0 Å². The summed E-state index contributed by atoms with van der Waals surface area (Å²) in [4.78, 5) is 0. The molecule has 0 saturated carbocycles. The summed E-state index contributed by atoms with van der Waals surface area (Å²) in [6.45, 7) is 2.66. The van der Waals surface area contributed by atoms with Gasteiger partial charge < -0.3 is 4.74 Å². The Morgan fingerprint density at radius 3 is 2.25 bits per heavy atom. The Bertz CT molecular complexity index is 425. The van der Waals surface area contributed by atoms with Gasteiger partial charge in [-0.2, -0.15) is 13.2 Å². The average Bonchev–Trinajstić information content (AvgIpc) is 2.90. The predicted octanol–water partition coefficient (Wildman–Crippen LogP) is 5.06. The Labute approximate surface area is 125 Å². The number of unbranched alkanes of at least 4 members (excludes halogenated alkanes) is 1. The van der Waals surface area contributed by atoms with Crippen LogP contribution >= 0.6 is 23.5 Å². The lowest BCUT2D eigenvalue weighted by molar-refractivity contribution is -0.138. The molecule has 1 aromatic rings. The SMILES string of the molecule is CCCCOc1ccc(C2(C(F)(F)F)SCCS2)cc1. The van der Waals surface area contributed by atoms with Crippen molar-refractivity contribution in [1.29, 1.82) is 0 Å². The van der Waals surface area contributed by atoms with Crippen molar-refractivity contribution < 1.29 is 17.9 Å². The van der Waals surface area contributed by atoms with Gasteiger partial charge in [-0.25, -0.2) is 0 Å². The van der Waals surface area contributed by atoms with Crippen molar-refractivity contribution in [1.82, 2.24) is 0 Å². The molecule has 1 aliphatic rings. The van der Waals surface area contributed by atoms with Crippen LogP contribution in [0.5, 0.6) is 5.75 Å². The quantitative estimate of drug-likeness (QED) is 0.701. The molecule has 1 aliphatic heterocycles. The van der Waals surface area contributed by atoms with Crippen LogP contribution in [0.4, 0.5) is 13.2 Å². The summed E-state index contributed by atoms with van der Waals surface area (Å²) >= 11 is 1.95. The van der Waals surface area contributed by atoms with Gasteiger partial charge >= 0.3 is 6.18 Å². The number of ether oxygens (including phenoxy) is 1. The van der Waals surface area contributed by atoms with Crippen LogP contribution in [-0.2, 0) is 4.08 Å². The summed E-state index contributed by atoms with van der Waals surface area (Å²) < 4.78 is 43.8. The van der Waals surface area contributed by atoms with E-state index in [1.165, 1.54) is 0 Å². The van der Waals surface area contributed by atoms with Gasteiger partial charge in [-0.15, -0.1) is 23.5 Å². The zero-order valence-corrected chi connectivity index (χ0v) is 12.8. The van der Waals surface area contributed by atoms with Gasteiger partial charge in [0.1, 0.15) is 5.75 Å². The Hall–Kier alpha value is -0.490. The fourth-order valence-electron chi connectivity index (χ4n) is 2.01. The van der Waals surface area contributed by atoms with E-state index in [-0.39, 0.29) is 0 Å². The first-order valence-electron chi connectivity index (χ1n) is 6.57. The maximum atomic E-state index is 13.4. The number of hydrogen-bond donors (Lipinski definition) is 0. The molecule has 0 spiro atoms. The maximum Gasteiger partial charge on any atom is 0.416 e. The van der Waals surface area contributed by atoms with Gasteiger partial charge in [-0.3, -0.25) is 0 Å². The van der Waals surface area contributed by atoms with Gasteiger partial charge in [-0.1, -0.05) is 25.5 Å². The lowest BCUT2D eigenvalue weighted by Gasteiger charge is -2.30. The molecule has 20 heavy (non-hydrogen) atoms. The van der Waals surface area contributed by atoms with Crippen LogP contribution in [0, 0.1) is 0 Å². The van der Waals surface area contributed by atoms with Crippen molar-refractivity contribution in [2.45, 2.75) is 30.0 Å². The fraction of sp³-hybridized carbons (Fsp3) is 0.571. The molecule has 0 atom stereocenters.